The quantitative estimate of drug-likeness (QED) is 0.893. The lowest BCUT2D eigenvalue weighted by atomic mass is 10.1. The predicted octanol–water partition coefficient (Wildman–Crippen LogP) is 2.51. The van der Waals surface area contributed by atoms with Crippen LogP contribution in [0.25, 0.3) is 5.69 Å². The zero-order chi connectivity index (χ0) is 15.5. The number of halogens is 1. The Morgan fingerprint density at radius 1 is 1.41 bits per heavy atom. The van der Waals surface area contributed by atoms with Gasteiger partial charge in [-0.15, -0.1) is 0 Å². The number of likely N-dealkylation sites (tertiary alicyclic amines) is 1. The van der Waals surface area contributed by atoms with Crippen LogP contribution in [0.2, 0.25) is 5.02 Å². The molecule has 1 aliphatic heterocycles. The second-order valence-corrected chi connectivity index (χ2v) is 5.67. The van der Waals surface area contributed by atoms with Crippen molar-refractivity contribution in [3.8, 4) is 5.69 Å². The van der Waals surface area contributed by atoms with Crippen LogP contribution >= 0.6 is 11.6 Å². The fraction of sp³-hybridized carbons (Fsp3) is 0.333. The van der Waals surface area contributed by atoms with Crippen LogP contribution in [0, 0.1) is 0 Å². The summed E-state index contributed by atoms with van der Waals surface area (Å²) in [4.78, 5) is 14.0. The molecule has 0 bridgehead atoms. The van der Waals surface area contributed by atoms with Gasteiger partial charge in [-0.25, -0.2) is 9.48 Å². The molecule has 1 aliphatic rings. The zero-order valence-corrected chi connectivity index (χ0v) is 12.7. The van der Waals surface area contributed by atoms with Gasteiger partial charge in [-0.3, -0.25) is 0 Å². The number of aliphatic hydroxyl groups is 1. The van der Waals surface area contributed by atoms with E-state index in [1.807, 2.05) is 0 Å². The third-order valence-corrected chi connectivity index (χ3v) is 3.95. The lowest BCUT2D eigenvalue weighted by molar-refractivity contribution is 0.0883. The van der Waals surface area contributed by atoms with Gasteiger partial charge in [0.25, 0.3) is 0 Å². The highest BCUT2D eigenvalue weighted by Gasteiger charge is 2.23. The van der Waals surface area contributed by atoms with Gasteiger partial charge in [0.05, 0.1) is 16.8 Å². The number of hydrogen-bond donors (Lipinski definition) is 2. The van der Waals surface area contributed by atoms with E-state index in [1.54, 1.807) is 46.2 Å². The minimum absolute atomic E-state index is 0.241. The molecule has 1 fully saturated rings. The van der Waals surface area contributed by atoms with E-state index in [2.05, 4.69) is 10.4 Å². The summed E-state index contributed by atoms with van der Waals surface area (Å²) < 4.78 is 1.61. The van der Waals surface area contributed by atoms with Gasteiger partial charge >= 0.3 is 6.03 Å². The SMILES string of the molecule is O=C(Nc1cccc(Cl)c1-n1cccn1)N1CCCC(O)C1. The summed E-state index contributed by atoms with van der Waals surface area (Å²) in [6.07, 6.45) is 4.50. The molecule has 1 aromatic carbocycles. The molecule has 0 saturated carbocycles. The van der Waals surface area contributed by atoms with Crippen molar-refractivity contribution in [3.05, 3.63) is 41.7 Å². The molecule has 2 heterocycles. The van der Waals surface area contributed by atoms with E-state index >= 15 is 0 Å². The molecule has 3 rings (SSSR count). The van der Waals surface area contributed by atoms with Gasteiger partial charge in [-0.1, -0.05) is 17.7 Å². The van der Waals surface area contributed by atoms with Gasteiger partial charge < -0.3 is 15.3 Å². The lowest BCUT2D eigenvalue weighted by Gasteiger charge is -2.30. The van der Waals surface area contributed by atoms with E-state index in [0.717, 1.165) is 12.8 Å². The Kier molecular flexibility index (Phi) is 4.31. The average Bonchev–Trinajstić information content (AvgIpc) is 3.01. The van der Waals surface area contributed by atoms with E-state index in [4.69, 9.17) is 11.6 Å². The number of aromatic nitrogens is 2. The van der Waals surface area contributed by atoms with Crippen LogP contribution in [0.1, 0.15) is 12.8 Å². The molecule has 0 spiro atoms. The van der Waals surface area contributed by atoms with E-state index in [9.17, 15) is 9.90 Å². The fourth-order valence-electron chi connectivity index (χ4n) is 2.58. The molecule has 7 heteroatoms. The Morgan fingerprint density at radius 2 is 2.27 bits per heavy atom. The Balaban J connectivity index is 1.83. The molecular formula is C15H17ClN4O2. The van der Waals surface area contributed by atoms with E-state index in [0.29, 0.717) is 29.5 Å². The predicted molar refractivity (Wildman–Crippen MR) is 84.4 cm³/mol. The first-order chi connectivity index (χ1) is 10.6. The number of aliphatic hydroxyl groups excluding tert-OH is 1. The van der Waals surface area contributed by atoms with Gasteiger partial charge in [0.15, 0.2) is 0 Å². The van der Waals surface area contributed by atoms with Crippen molar-refractivity contribution >= 4 is 23.3 Å². The number of carbonyl (C=O) groups excluding carboxylic acids is 1. The third kappa shape index (κ3) is 3.08. The fourth-order valence-corrected chi connectivity index (χ4v) is 2.84. The zero-order valence-electron chi connectivity index (χ0n) is 11.9. The number of rotatable bonds is 2. The van der Waals surface area contributed by atoms with E-state index in [-0.39, 0.29) is 6.03 Å². The number of nitrogens with zero attached hydrogens (tertiary/aromatic N) is 3. The molecule has 2 aromatic rings. The average molecular weight is 321 g/mol. The Bertz CT molecular complexity index is 660. The minimum Gasteiger partial charge on any atom is -0.391 e. The van der Waals surface area contributed by atoms with Crippen LogP contribution in [0.5, 0.6) is 0 Å². The van der Waals surface area contributed by atoms with Crippen LogP contribution in [0.15, 0.2) is 36.7 Å². The van der Waals surface area contributed by atoms with Crippen molar-refractivity contribution in [3.63, 3.8) is 0 Å². The van der Waals surface area contributed by atoms with E-state index < -0.39 is 6.10 Å². The van der Waals surface area contributed by atoms with Crippen molar-refractivity contribution in [2.45, 2.75) is 18.9 Å². The summed E-state index contributed by atoms with van der Waals surface area (Å²) in [6.45, 7) is 0.990. The first-order valence-corrected chi connectivity index (χ1v) is 7.55. The van der Waals surface area contributed by atoms with Crippen LogP contribution in [-0.2, 0) is 0 Å². The van der Waals surface area contributed by atoms with Gasteiger partial charge in [-0.05, 0) is 31.0 Å². The standard InChI is InChI=1S/C15H17ClN4O2/c16-12-5-1-6-13(14(12)20-9-3-7-17-20)18-15(22)19-8-2-4-11(21)10-19/h1,3,5-7,9,11,21H,2,4,8,10H2,(H,18,22). The highest BCUT2D eigenvalue weighted by molar-refractivity contribution is 6.33. The maximum Gasteiger partial charge on any atom is 0.321 e. The molecule has 1 saturated heterocycles. The first-order valence-electron chi connectivity index (χ1n) is 7.17. The molecule has 2 N–H and O–H groups in total. The topological polar surface area (TPSA) is 70.4 Å². The first kappa shape index (κ1) is 14.9. The van der Waals surface area contributed by atoms with Crippen molar-refractivity contribution in [1.82, 2.24) is 14.7 Å². The number of para-hydroxylation sites is 1. The van der Waals surface area contributed by atoms with Gasteiger partial charge in [-0.2, -0.15) is 5.10 Å². The van der Waals surface area contributed by atoms with Gasteiger partial charge in [0.1, 0.15) is 5.69 Å². The summed E-state index contributed by atoms with van der Waals surface area (Å²) in [5, 5.41) is 17.2. The number of amides is 2. The molecule has 1 atom stereocenters. The summed E-state index contributed by atoms with van der Waals surface area (Å²) in [5.74, 6) is 0. The maximum absolute atomic E-state index is 12.4. The summed E-state index contributed by atoms with van der Waals surface area (Å²) in [6, 6.07) is 6.85. The molecule has 2 amide bonds. The smallest absolute Gasteiger partial charge is 0.321 e. The van der Waals surface area contributed by atoms with Crippen LogP contribution in [0.4, 0.5) is 10.5 Å². The summed E-state index contributed by atoms with van der Waals surface area (Å²) >= 11 is 6.25. The second kappa shape index (κ2) is 6.37. The van der Waals surface area contributed by atoms with Crippen LogP contribution < -0.4 is 5.32 Å². The Morgan fingerprint density at radius 3 is 3.00 bits per heavy atom. The molecule has 0 radical (unpaired) electrons. The molecule has 1 aromatic heterocycles. The van der Waals surface area contributed by atoms with E-state index in [1.165, 1.54) is 0 Å². The monoisotopic (exact) mass is 320 g/mol. The number of benzene rings is 1. The Hall–Kier alpha value is -2.05. The minimum atomic E-state index is -0.454. The third-order valence-electron chi connectivity index (χ3n) is 3.65. The Labute approximate surface area is 133 Å². The number of anilines is 1. The molecule has 1 unspecified atom stereocenters. The second-order valence-electron chi connectivity index (χ2n) is 5.26. The molecule has 116 valence electrons. The largest absolute Gasteiger partial charge is 0.391 e. The number of carbonyl (C=O) groups is 1. The number of piperidine rings is 1. The van der Waals surface area contributed by atoms with Crippen LogP contribution in [-0.4, -0.2) is 45.0 Å². The van der Waals surface area contributed by atoms with Crippen molar-refractivity contribution in [2.75, 3.05) is 18.4 Å². The van der Waals surface area contributed by atoms with Crippen molar-refractivity contribution < 1.29 is 9.90 Å². The normalized spacial score (nSPS) is 18.3. The summed E-state index contributed by atoms with van der Waals surface area (Å²) in [5.41, 5.74) is 1.21. The van der Waals surface area contributed by atoms with Crippen molar-refractivity contribution in [1.29, 1.82) is 0 Å². The van der Waals surface area contributed by atoms with Crippen LogP contribution in [0.3, 0.4) is 0 Å². The maximum atomic E-state index is 12.4. The molecule has 6 nitrogen and oxygen atoms in total. The van der Waals surface area contributed by atoms with Gasteiger partial charge in [0, 0.05) is 25.5 Å². The summed E-state index contributed by atoms with van der Waals surface area (Å²) in [7, 11) is 0. The molecule has 0 aliphatic carbocycles. The number of hydrogen-bond acceptors (Lipinski definition) is 3. The highest BCUT2D eigenvalue weighted by Crippen LogP contribution is 2.28. The van der Waals surface area contributed by atoms with Crippen molar-refractivity contribution in [2.24, 2.45) is 0 Å². The highest BCUT2D eigenvalue weighted by atomic mass is 35.5. The lowest BCUT2D eigenvalue weighted by Crippen LogP contribution is -2.44. The molecule has 22 heavy (non-hydrogen) atoms. The molecular weight excluding hydrogens is 304 g/mol. The van der Waals surface area contributed by atoms with Gasteiger partial charge in [0.2, 0.25) is 0 Å². The number of β-amino-alcohol motifs (C(OH)–C–C–N with tert-alkyl or cyclic N) is 1. The number of nitrogens with one attached hydrogen (secondary N) is 1. The number of urea groups is 1.